The number of anilines is 4. The van der Waals surface area contributed by atoms with Crippen molar-refractivity contribution in [1.82, 2.24) is 24.6 Å². The van der Waals surface area contributed by atoms with Crippen molar-refractivity contribution < 1.29 is 31.8 Å². The summed E-state index contributed by atoms with van der Waals surface area (Å²) in [5.41, 5.74) is 3.07. The van der Waals surface area contributed by atoms with Crippen LogP contribution in [0.25, 0.3) is 11.1 Å². The number of carbonyl (C=O) groups excluding carboxylic acids is 1. The van der Waals surface area contributed by atoms with Crippen molar-refractivity contribution in [2.45, 2.75) is 45.2 Å². The van der Waals surface area contributed by atoms with Crippen LogP contribution in [-0.2, 0) is 34.5 Å². The molecule has 8 bridgehead atoms. The number of hydrogen-bond acceptors (Lipinski definition) is 9. The SMILES string of the molecule is CCOP1Cc2ccc(c(OC)c2)Nc2ncc(C(F)(F)F)c(n2)Nc2ccc(c3c2C(=O)N(C)C3)-c2cnn(c2)CCCCO1. The number of hydrogen-bond donors (Lipinski definition) is 2. The van der Waals surface area contributed by atoms with Gasteiger partial charge in [-0.3, -0.25) is 9.48 Å². The Morgan fingerprint density at radius 1 is 1.11 bits per heavy atom. The van der Waals surface area contributed by atoms with E-state index >= 15 is 0 Å². The van der Waals surface area contributed by atoms with E-state index in [0.717, 1.165) is 29.5 Å². The number of alkyl halides is 3. The van der Waals surface area contributed by atoms with Gasteiger partial charge in [0.2, 0.25) is 5.95 Å². The fourth-order valence-electron chi connectivity index (χ4n) is 5.45. The first-order valence-electron chi connectivity index (χ1n) is 14.8. The number of aryl methyl sites for hydroxylation is 1. The van der Waals surface area contributed by atoms with E-state index in [1.165, 1.54) is 12.0 Å². The molecule has 1 amide bonds. The van der Waals surface area contributed by atoms with Gasteiger partial charge in [0.25, 0.3) is 5.91 Å². The van der Waals surface area contributed by atoms with E-state index in [2.05, 4.69) is 25.7 Å². The predicted molar refractivity (Wildman–Crippen MR) is 167 cm³/mol. The Hall–Kier alpha value is -4.26. The first-order chi connectivity index (χ1) is 22.1. The van der Waals surface area contributed by atoms with Crippen LogP contribution in [0.1, 0.15) is 46.8 Å². The van der Waals surface area contributed by atoms with Gasteiger partial charge in [-0.1, -0.05) is 12.1 Å². The van der Waals surface area contributed by atoms with Gasteiger partial charge in [0.15, 0.2) is 8.38 Å². The van der Waals surface area contributed by atoms with Crippen molar-refractivity contribution in [1.29, 1.82) is 0 Å². The minimum absolute atomic E-state index is 0.0935. The zero-order valence-electron chi connectivity index (χ0n) is 25.5. The summed E-state index contributed by atoms with van der Waals surface area (Å²) in [6.07, 6.45) is 1.76. The first kappa shape index (κ1) is 31.7. The second-order valence-electron chi connectivity index (χ2n) is 10.9. The lowest BCUT2D eigenvalue weighted by Crippen LogP contribution is -2.18. The van der Waals surface area contributed by atoms with Crippen molar-refractivity contribution in [3.05, 3.63) is 71.2 Å². The van der Waals surface area contributed by atoms with Gasteiger partial charge in [-0.15, -0.1) is 0 Å². The average molecular weight is 656 g/mol. The van der Waals surface area contributed by atoms with Crippen molar-refractivity contribution in [3.63, 3.8) is 0 Å². The summed E-state index contributed by atoms with van der Waals surface area (Å²) in [5.74, 6) is -0.455. The molecule has 2 N–H and O–H groups in total. The van der Waals surface area contributed by atoms with Crippen LogP contribution in [0, 0.1) is 0 Å². The molecule has 0 saturated heterocycles. The van der Waals surface area contributed by atoms with Crippen molar-refractivity contribution >= 4 is 37.4 Å². The number of aromatic nitrogens is 4. The third-order valence-electron chi connectivity index (χ3n) is 7.67. The quantitative estimate of drug-likeness (QED) is 0.223. The van der Waals surface area contributed by atoms with Crippen LogP contribution >= 0.6 is 8.38 Å². The normalized spacial score (nSPS) is 17.0. The molecule has 0 saturated carbocycles. The fraction of sp³-hybridized carbons (Fsp3) is 0.355. The minimum Gasteiger partial charge on any atom is -0.495 e. The Morgan fingerprint density at radius 3 is 2.72 bits per heavy atom. The molecule has 15 heteroatoms. The Balaban J connectivity index is 1.44. The molecule has 6 heterocycles. The highest BCUT2D eigenvalue weighted by Crippen LogP contribution is 2.44. The van der Waals surface area contributed by atoms with Crippen molar-refractivity contribution in [2.75, 3.05) is 38.0 Å². The van der Waals surface area contributed by atoms with Gasteiger partial charge in [0.05, 0.1) is 43.5 Å². The van der Waals surface area contributed by atoms with E-state index in [-0.39, 0.29) is 23.1 Å². The molecular formula is C31H33F3N7O4P. The van der Waals surface area contributed by atoms with E-state index in [9.17, 15) is 18.0 Å². The number of amides is 1. The highest BCUT2D eigenvalue weighted by atomic mass is 31.2. The Bertz CT molecular complexity index is 1750. The molecule has 4 aliphatic heterocycles. The molecule has 46 heavy (non-hydrogen) atoms. The highest BCUT2D eigenvalue weighted by molar-refractivity contribution is 7.46. The molecule has 1 unspecified atom stereocenters. The highest BCUT2D eigenvalue weighted by Gasteiger charge is 2.37. The summed E-state index contributed by atoms with van der Waals surface area (Å²) >= 11 is 0. The van der Waals surface area contributed by atoms with E-state index in [1.54, 1.807) is 31.4 Å². The third-order valence-corrected chi connectivity index (χ3v) is 9.31. The van der Waals surface area contributed by atoms with Crippen LogP contribution in [0.2, 0.25) is 0 Å². The molecule has 242 valence electrons. The summed E-state index contributed by atoms with van der Waals surface area (Å²) in [6, 6.07) is 8.82. The van der Waals surface area contributed by atoms with E-state index < -0.39 is 25.9 Å². The second-order valence-corrected chi connectivity index (χ2v) is 12.4. The Labute approximate surface area is 265 Å². The lowest BCUT2D eigenvalue weighted by molar-refractivity contribution is -0.137. The number of carbonyl (C=O) groups is 1. The molecule has 0 spiro atoms. The zero-order valence-corrected chi connectivity index (χ0v) is 26.4. The molecule has 4 aliphatic rings. The topological polar surface area (TPSA) is 116 Å². The van der Waals surface area contributed by atoms with Crippen LogP contribution in [0.15, 0.2) is 48.9 Å². The van der Waals surface area contributed by atoms with Crippen LogP contribution < -0.4 is 15.4 Å². The van der Waals surface area contributed by atoms with Gasteiger partial charge in [-0.2, -0.15) is 23.3 Å². The van der Waals surface area contributed by atoms with Crippen molar-refractivity contribution in [2.24, 2.45) is 0 Å². The molecule has 0 radical (unpaired) electrons. The number of nitrogens with one attached hydrogen (secondary N) is 2. The summed E-state index contributed by atoms with van der Waals surface area (Å²) in [6.45, 7) is 3.91. The molecule has 1 atom stereocenters. The van der Waals surface area contributed by atoms with Crippen molar-refractivity contribution in [3.8, 4) is 16.9 Å². The number of nitrogens with zero attached hydrogens (tertiary/aromatic N) is 5. The number of halogens is 3. The molecular weight excluding hydrogens is 622 g/mol. The minimum atomic E-state index is -4.76. The number of ether oxygens (including phenoxy) is 1. The maximum Gasteiger partial charge on any atom is 0.421 e. The maximum absolute atomic E-state index is 14.2. The number of fused-ring (bicyclic) bond motifs is 1. The molecule has 4 aromatic rings. The van der Waals surface area contributed by atoms with Crippen LogP contribution in [-0.4, -0.2) is 57.9 Å². The monoisotopic (exact) mass is 655 g/mol. The van der Waals surface area contributed by atoms with Gasteiger partial charge in [0.1, 0.15) is 17.1 Å². The van der Waals surface area contributed by atoms with Gasteiger partial charge < -0.3 is 29.3 Å². The third kappa shape index (κ3) is 6.64. The van der Waals surface area contributed by atoms with Gasteiger partial charge in [0, 0.05) is 44.3 Å². The smallest absolute Gasteiger partial charge is 0.421 e. The Morgan fingerprint density at radius 2 is 1.93 bits per heavy atom. The maximum atomic E-state index is 14.2. The largest absolute Gasteiger partial charge is 0.495 e. The van der Waals surface area contributed by atoms with E-state index in [1.807, 2.05) is 29.9 Å². The first-order valence-corrected chi connectivity index (χ1v) is 16.1. The molecule has 0 fully saturated rings. The average Bonchev–Trinajstić information content (AvgIpc) is 3.61. The van der Waals surface area contributed by atoms with E-state index in [4.69, 9.17) is 13.8 Å². The fourth-order valence-corrected chi connectivity index (χ4v) is 6.82. The number of rotatable bonds is 3. The lowest BCUT2D eigenvalue weighted by Gasteiger charge is -2.19. The summed E-state index contributed by atoms with van der Waals surface area (Å²) in [7, 11) is 1.95. The van der Waals surface area contributed by atoms with Crippen LogP contribution in [0.4, 0.5) is 36.3 Å². The zero-order chi connectivity index (χ0) is 32.4. The molecule has 2 aromatic heterocycles. The summed E-state index contributed by atoms with van der Waals surface area (Å²) < 4.78 is 62.0. The number of methoxy groups -OCH3 is 1. The molecule has 8 rings (SSSR count). The number of benzene rings is 2. The van der Waals surface area contributed by atoms with Crippen LogP contribution in [0.3, 0.4) is 0 Å². The van der Waals surface area contributed by atoms with Gasteiger partial charge in [-0.05, 0) is 54.7 Å². The molecule has 11 nitrogen and oxygen atoms in total. The standard InChI is InChI=1S/C31H33F3N7O4P/c1-4-44-46-18-19-7-9-24(26(13-19)43-3)38-30-35-15-23(31(32,33)34)28(39-30)37-25-10-8-21(22-17-40(2)29(42)27(22)25)20-14-36-41(16-20)11-5-6-12-45-46/h7-10,13-16H,4-6,11-12,17-18H2,1-3H3,(H2,35,37,38,39). The van der Waals surface area contributed by atoms with E-state index in [0.29, 0.717) is 55.7 Å². The lowest BCUT2D eigenvalue weighted by atomic mass is 9.97. The molecule has 2 aromatic carbocycles. The van der Waals surface area contributed by atoms with Gasteiger partial charge >= 0.3 is 6.18 Å². The summed E-state index contributed by atoms with van der Waals surface area (Å²) in [5, 5.41) is 10.3. The van der Waals surface area contributed by atoms with Crippen LogP contribution in [0.5, 0.6) is 5.75 Å². The van der Waals surface area contributed by atoms with Gasteiger partial charge in [-0.25, -0.2) is 4.98 Å². The Kier molecular flexibility index (Phi) is 9.12. The predicted octanol–water partition coefficient (Wildman–Crippen LogP) is 7.10. The second kappa shape index (κ2) is 13.2. The molecule has 0 aliphatic carbocycles. The summed E-state index contributed by atoms with van der Waals surface area (Å²) in [4.78, 5) is 23.0.